The predicted molar refractivity (Wildman–Crippen MR) is 63.0 cm³/mol. The Hall–Kier alpha value is -1.16. The molecule has 1 aromatic rings. The topological polar surface area (TPSA) is 63.3 Å². The van der Waals surface area contributed by atoms with Crippen molar-refractivity contribution in [2.75, 3.05) is 5.73 Å². The lowest BCUT2D eigenvalue weighted by molar-refractivity contribution is -0.137. The lowest BCUT2D eigenvalue weighted by Gasteiger charge is -2.09. The number of carboxylic acids is 1. The van der Waals surface area contributed by atoms with Crippen LogP contribution in [0.2, 0.25) is 0 Å². The second-order valence-corrected chi connectivity index (χ2v) is 4.94. The SMILES string of the molecule is CC(CCC(=O)O)Sc1ccc(N)cc1. The highest BCUT2D eigenvalue weighted by molar-refractivity contribution is 7.99. The molecule has 3 nitrogen and oxygen atoms in total. The van der Waals surface area contributed by atoms with Crippen molar-refractivity contribution in [2.45, 2.75) is 29.9 Å². The first kappa shape index (κ1) is 11.9. The minimum atomic E-state index is -0.736. The average Bonchev–Trinajstić information content (AvgIpc) is 2.19. The second-order valence-electron chi connectivity index (χ2n) is 3.43. The summed E-state index contributed by atoms with van der Waals surface area (Å²) in [5.41, 5.74) is 6.32. The first-order valence-electron chi connectivity index (χ1n) is 4.82. The molecule has 0 aliphatic heterocycles. The quantitative estimate of drug-likeness (QED) is 0.597. The largest absolute Gasteiger partial charge is 0.481 e. The zero-order valence-corrected chi connectivity index (χ0v) is 9.46. The third-order valence-electron chi connectivity index (χ3n) is 1.98. The van der Waals surface area contributed by atoms with Gasteiger partial charge in [0, 0.05) is 22.3 Å². The molecule has 4 heteroatoms. The Bertz CT molecular complexity index is 324. The van der Waals surface area contributed by atoms with Crippen LogP contribution in [0.4, 0.5) is 5.69 Å². The number of thioether (sulfide) groups is 1. The Labute approximate surface area is 93.7 Å². The van der Waals surface area contributed by atoms with Gasteiger partial charge in [-0.1, -0.05) is 6.92 Å². The number of nitrogens with two attached hydrogens (primary N) is 1. The van der Waals surface area contributed by atoms with E-state index in [0.717, 1.165) is 10.6 Å². The van der Waals surface area contributed by atoms with Crippen LogP contribution < -0.4 is 5.73 Å². The number of hydrogen-bond acceptors (Lipinski definition) is 3. The molecule has 1 aromatic carbocycles. The standard InChI is InChI=1S/C11H15NO2S/c1-8(2-7-11(13)14)15-10-5-3-9(12)4-6-10/h3-6,8H,2,7,12H2,1H3,(H,13,14). The van der Waals surface area contributed by atoms with Crippen molar-refractivity contribution in [2.24, 2.45) is 0 Å². The van der Waals surface area contributed by atoms with Gasteiger partial charge in [-0.3, -0.25) is 4.79 Å². The van der Waals surface area contributed by atoms with Gasteiger partial charge in [0.25, 0.3) is 0 Å². The van der Waals surface area contributed by atoms with E-state index in [4.69, 9.17) is 10.8 Å². The van der Waals surface area contributed by atoms with Gasteiger partial charge in [0.2, 0.25) is 0 Å². The normalized spacial score (nSPS) is 12.3. The molecule has 0 bridgehead atoms. The van der Waals surface area contributed by atoms with Crippen LogP contribution in [-0.4, -0.2) is 16.3 Å². The molecular weight excluding hydrogens is 210 g/mol. The van der Waals surface area contributed by atoms with Gasteiger partial charge >= 0.3 is 5.97 Å². The lowest BCUT2D eigenvalue weighted by Crippen LogP contribution is -2.02. The summed E-state index contributed by atoms with van der Waals surface area (Å²) in [6, 6.07) is 7.62. The first-order chi connectivity index (χ1) is 7.08. The molecule has 0 saturated carbocycles. The molecule has 0 fully saturated rings. The summed E-state index contributed by atoms with van der Waals surface area (Å²) < 4.78 is 0. The number of hydrogen-bond donors (Lipinski definition) is 2. The number of carboxylic acid groups (broad SMARTS) is 1. The van der Waals surface area contributed by atoms with Crippen molar-refractivity contribution in [1.82, 2.24) is 0 Å². The highest BCUT2D eigenvalue weighted by atomic mass is 32.2. The molecule has 0 saturated heterocycles. The van der Waals surface area contributed by atoms with E-state index < -0.39 is 5.97 Å². The molecule has 3 N–H and O–H groups in total. The summed E-state index contributed by atoms with van der Waals surface area (Å²) in [5.74, 6) is -0.736. The molecule has 82 valence electrons. The van der Waals surface area contributed by atoms with Gasteiger partial charge in [-0.15, -0.1) is 11.8 Å². The van der Waals surface area contributed by atoms with E-state index in [1.165, 1.54) is 0 Å². The van der Waals surface area contributed by atoms with E-state index in [-0.39, 0.29) is 6.42 Å². The molecule has 15 heavy (non-hydrogen) atoms. The predicted octanol–water partition coefficient (Wildman–Crippen LogP) is 2.61. The molecule has 1 atom stereocenters. The number of aliphatic carboxylic acids is 1. The Kier molecular flexibility index (Phi) is 4.49. The fourth-order valence-electron chi connectivity index (χ4n) is 1.16. The number of rotatable bonds is 5. The molecule has 1 rings (SSSR count). The van der Waals surface area contributed by atoms with Crippen molar-refractivity contribution in [3.05, 3.63) is 24.3 Å². The number of anilines is 1. The first-order valence-corrected chi connectivity index (χ1v) is 5.70. The van der Waals surface area contributed by atoms with Crippen LogP contribution in [0.5, 0.6) is 0 Å². The van der Waals surface area contributed by atoms with Gasteiger partial charge in [0.15, 0.2) is 0 Å². The van der Waals surface area contributed by atoms with Crippen molar-refractivity contribution < 1.29 is 9.90 Å². The van der Waals surface area contributed by atoms with Gasteiger partial charge in [-0.25, -0.2) is 0 Å². The van der Waals surface area contributed by atoms with E-state index in [1.54, 1.807) is 11.8 Å². The van der Waals surface area contributed by atoms with Gasteiger partial charge in [-0.05, 0) is 30.7 Å². The van der Waals surface area contributed by atoms with Gasteiger partial charge in [0.1, 0.15) is 0 Å². The van der Waals surface area contributed by atoms with Crippen LogP contribution in [-0.2, 0) is 4.79 Å². The molecule has 1 unspecified atom stereocenters. The summed E-state index contributed by atoms with van der Waals surface area (Å²) in [5, 5.41) is 8.85. The average molecular weight is 225 g/mol. The molecule has 0 amide bonds. The third-order valence-corrected chi connectivity index (χ3v) is 3.16. The molecule has 0 radical (unpaired) electrons. The van der Waals surface area contributed by atoms with Gasteiger partial charge in [0.05, 0.1) is 0 Å². The summed E-state index contributed by atoms with van der Waals surface area (Å²) in [7, 11) is 0. The molecule has 0 spiro atoms. The molecule has 0 aromatic heterocycles. The van der Waals surface area contributed by atoms with E-state index in [9.17, 15) is 4.79 Å². The summed E-state index contributed by atoms with van der Waals surface area (Å²) in [6.45, 7) is 2.03. The zero-order chi connectivity index (χ0) is 11.3. The van der Waals surface area contributed by atoms with Crippen molar-refractivity contribution >= 4 is 23.4 Å². The highest BCUT2D eigenvalue weighted by Gasteiger charge is 2.06. The van der Waals surface area contributed by atoms with E-state index >= 15 is 0 Å². The van der Waals surface area contributed by atoms with Crippen molar-refractivity contribution in [3.63, 3.8) is 0 Å². The maximum absolute atomic E-state index is 10.4. The number of benzene rings is 1. The molecule has 0 aliphatic rings. The van der Waals surface area contributed by atoms with Crippen LogP contribution in [0.15, 0.2) is 29.2 Å². The molecule has 0 heterocycles. The Morgan fingerprint density at radius 3 is 2.60 bits per heavy atom. The minimum absolute atomic E-state index is 0.225. The molecular formula is C11H15NO2S. The van der Waals surface area contributed by atoms with Crippen LogP contribution >= 0.6 is 11.8 Å². The van der Waals surface area contributed by atoms with Crippen LogP contribution in [0.25, 0.3) is 0 Å². The second kappa shape index (κ2) is 5.66. The lowest BCUT2D eigenvalue weighted by atomic mass is 10.2. The third kappa shape index (κ3) is 4.74. The maximum atomic E-state index is 10.4. The Balaban J connectivity index is 2.40. The number of nitrogen functional groups attached to an aromatic ring is 1. The van der Waals surface area contributed by atoms with Crippen molar-refractivity contribution in [1.29, 1.82) is 0 Å². The zero-order valence-electron chi connectivity index (χ0n) is 8.64. The smallest absolute Gasteiger partial charge is 0.303 e. The van der Waals surface area contributed by atoms with E-state index in [1.807, 2.05) is 31.2 Å². The van der Waals surface area contributed by atoms with Crippen molar-refractivity contribution in [3.8, 4) is 0 Å². The number of carbonyl (C=O) groups is 1. The monoisotopic (exact) mass is 225 g/mol. The van der Waals surface area contributed by atoms with Crippen LogP contribution in [0.3, 0.4) is 0 Å². The Morgan fingerprint density at radius 1 is 1.47 bits per heavy atom. The fraction of sp³-hybridized carbons (Fsp3) is 0.364. The fourth-order valence-corrected chi connectivity index (χ4v) is 2.16. The summed E-state index contributed by atoms with van der Waals surface area (Å²) in [4.78, 5) is 11.5. The summed E-state index contributed by atoms with van der Waals surface area (Å²) >= 11 is 1.68. The van der Waals surface area contributed by atoms with E-state index in [2.05, 4.69) is 0 Å². The van der Waals surface area contributed by atoms with Crippen LogP contribution in [0.1, 0.15) is 19.8 Å². The van der Waals surface area contributed by atoms with Crippen LogP contribution in [0, 0.1) is 0 Å². The maximum Gasteiger partial charge on any atom is 0.303 e. The van der Waals surface area contributed by atoms with Gasteiger partial charge in [-0.2, -0.15) is 0 Å². The highest BCUT2D eigenvalue weighted by Crippen LogP contribution is 2.26. The minimum Gasteiger partial charge on any atom is -0.481 e. The Morgan fingerprint density at radius 2 is 2.07 bits per heavy atom. The molecule has 0 aliphatic carbocycles. The van der Waals surface area contributed by atoms with Gasteiger partial charge < -0.3 is 10.8 Å². The van der Waals surface area contributed by atoms with E-state index in [0.29, 0.717) is 11.7 Å². The summed E-state index contributed by atoms with van der Waals surface area (Å²) in [6.07, 6.45) is 0.910.